The number of rotatable bonds is 2. The third-order valence-electron chi connectivity index (χ3n) is 3.35. The monoisotopic (exact) mass is 312 g/mol. The first-order chi connectivity index (χ1) is 8.53. The van der Waals surface area contributed by atoms with Crippen LogP contribution in [0.4, 0.5) is 5.69 Å². The zero-order valence-electron chi connectivity index (χ0n) is 10.3. The van der Waals surface area contributed by atoms with Gasteiger partial charge in [-0.2, -0.15) is 0 Å². The largest absolute Gasteiger partial charge is 0.381 e. The van der Waals surface area contributed by atoms with Crippen molar-refractivity contribution in [3.05, 3.63) is 28.2 Å². The van der Waals surface area contributed by atoms with Crippen molar-refractivity contribution in [1.29, 1.82) is 0 Å². The lowest BCUT2D eigenvalue weighted by Gasteiger charge is -2.32. The Hall–Kier alpha value is -0.910. The molecule has 5 heteroatoms. The van der Waals surface area contributed by atoms with E-state index >= 15 is 0 Å². The molecule has 1 amide bonds. The summed E-state index contributed by atoms with van der Waals surface area (Å²) in [4.78, 5) is 12.2. The first-order valence-electron chi connectivity index (χ1n) is 5.96. The van der Waals surface area contributed by atoms with Gasteiger partial charge in [0.05, 0.1) is 0 Å². The molecule has 0 radical (unpaired) electrons. The Morgan fingerprint density at radius 3 is 2.78 bits per heavy atom. The summed E-state index contributed by atoms with van der Waals surface area (Å²) >= 11 is 3.44. The average molecular weight is 313 g/mol. The Balaban J connectivity index is 2.13. The fraction of sp³-hybridized carbons (Fsp3) is 0.462. The van der Waals surface area contributed by atoms with E-state index in [1.807, 2.05) is 25.1 Å². The van der Waals surface area contributed by atoms with Gasteiger partial charge in [0, 0.05) is 23.4 Å². The second kappa shape index (κ2) is 5.38. The third kappa shape index (κ3) is 2.74. The standard InChI is InChI=1S/C13H17BrN2O2/c1-9-10(14)3-2-4-11(9)16-12(17)13(15)5-7-18-8-6-13/h2-4H,5-8,15H2,1H3,(H,16,17). The number of carbonyl (C=O) groups excluding carboxylic acids is 1. The molecule has 1 fully saturated rings. The Bertz CT molecular complexity index is 456. The third-order valence-corrected chi connectivity index (χ3v) is 4.21. The van der Waals surface area contributed by atoms with Crippen LogP contribution in [0.25, 0.3) is 0 Å². The highest BCUT2D eigenvalue weighted by atomic mass is 79.9. The van der Waals surface area contributed by atoms with Crippen LogP contribution < -0.4 is 11.1 Å². The molecule has 98 valence electrons. The van der Waals surface area contributed by atoms with Gasteiger partial charge >= 0.3 is 0 Å². The van der Waals surface area contributed by atoms with Gasteiger partial charge in [-0.15, -0.1) is 0 Å². The summed E-state index contributed by atoms with van der Waals surface area (Å²) in [5.74, 6) is -0.132. The van der Waals surface area contributed by atoms with Crippen LogP contribution in [0.5, 0.6) is 0 Å². The first kappa shape index (κ1) is 13.5. The number of carbonyl (C=O) groups is 1. The number of benzene rings is 1. The Kier molecular flexibility index (Phi) is 4.04. The molecule has 1 saturated heterocycles. The molecule has 0 spiro atoms. The fourth-order valence-corrected chi connectivity index (χ4v) is 2.32. The predicted molar refractivity (Wildman–Crippen MR) is 74.5 cm³/mol. The van der Waals surface area contributed by atoms with Crippen molar-refractivity contribution < 1.29 is 9.53 Å². The molecule has 1 heterocycles. The summed E-state index contributed by atoms with van der Waals surface area (Å²) in [5, 5.41) is 2.91. The number of anilines is 1. The zero-order valence-corrected chi connectivity index (χ0v) is 11.9. The van der Waals surface area contributed by atoms with Gasteiger partial charge in [0.2, 0.25) is 5.91 Å². The summed E-state index contributed by atoms with van der Waals surface area (Å²) in [7, 11) is 0. The zero-order chi connectivity index (χ0) is 13.2. The summed E-state index contributed by atoms with van der Waals surface area (Å²) in [6.45, 7) is 3.04. The smallest absolute Gasteiger partial charge is 0.244 e. The minimum absolute atomic E-state index is 0.132. The predicted octanol–water partition coefficient (Wildman–Crippen LogP) is 2.20. The maximum Gasteiger partial charge on any atom is 0.244 e. The van der Waals surface area contributed by atoms with E-state index in [1.54, 1.807) is 0 Å². The van der Waals surface area contributed by atoms with Crippen LogP contribution in [-0.2, 0) is 9.53 Å². The lowest BCUT2D eigenvalue weighted by molar-refractivity contribution is -0.124. The number of nitrogens with two attached hydrogens (primary N) is 1. The number of hydrogen-bond acceptors (Lipinski definition) is 3. The van der Waals surface area contributed by atoms with Gasteiger partial charge in [0.15, 0.2) is 0 Å². The minimum Gasteiger partial charge on any atom is -0.381 e. The van der Waals surface area contributed by atoms with E-state index in [2.05, 4.69) is 21.2 Å². The van der Waals surface area contributed by atoms with E-state index in [0.29, 0.717) is 26.1 Å². The van der Waals surface area contributed by atoms with Gasteiger partial charge < -0.3 is 15.8 Å². The highest BCUT2D eigenvalue weighted by Crippen LogP contribution is 2.25. The maximum atomic E-state index is 12.2. The van der Waals surface area contributed by atoms with Crippen LogP contribution in [0.3, 0.4) is 0 Å². The molecule has 1 aliphatic rings. The van der Waals surface area contributed by atoms with Gasteiger partial charge in [-0.3, -0.25) is 4.79 Å². The summed E-state index contributed by atoms with van der Waals surface area (Å²) < 4.78 is 6.21. The fourth-order valence-electron chi connectivity index (χ4n) is 1.95. The molecule has 0 saturated carbocycles. The number of nitrogens with one attached hydrogen (secondary N) is 1. The van der Waals surface area contributed by atoms with Crippen molar-refractivity contribution in [2.45, 2.75) is 25.3 Å². The lowest BCUT2D eigenvalue weighted by atomic mass is 9.90. The van der Waals surface area contributed by atoms with E-state index < -0.39 is 5.54 Å². The lowest BCUT2D eigenvalue weighted by Crippen LogP contribution is -2.54. The molecule has 4 nitrogen and oxygen atoms in total. The average Bonchev–Trinajstić information content (AvgIpc) is 2.36. The van der Waals surface area contributed by atoms with E-state index in [1.165, 1.54) is 0 Å². The summed E-state index contributed by atoms with van der Waals surface area (Å²) in [6.07, 6.45) is 1.12. The van der Waals surface area contributed by atoms with Crippen molar-refractivity contribution in [1.82, 2.24) is 0 Å². The summed E-state index contributed by atoms with van der Waals surface area (Å²) in [5.41, 5.74) is 7.12. The quantitative estimate of drug-likeness (QED) is 0.880. The molecule has 0 atom stereocenters. The minimum atomic E-state index is -0.812. The van der Waals surface area contributed by atoms with Crippen molar-refractivity contribution in [2.75, 3.05) is 18.5 Å². The molecule has 0 unspecified atom stereocenters. The highest BCUT2D eigenvalue weighted by molar-refractivity contribution is 9.10. The van der Waals surface area contributed by atoms with E-state index in [4.69, 9.17) is 10.5 Å². The molecule has 3 N–H and O–H groups in total. The van der Waals surface area contributed by atoms with Crippen LogP contribution in [0.1, 0.15) is 18.4 Å². The molecular formula is C13H17BrN2O2. The number of halogens is 1. The van der Waals surface area contributed by atoms with Crippen molar-refractivity contribution in [2.24, 2.45) is 5.73 Å². The van der Waals surface area contributed by atoms with Gasteiger partial charge in [-0.25, -0.2) is 0 Å². The summed E-state index contributed by atoms with van der Waals surface area (Å²) in [6, 6.07) is 5.71. The van der Waals surface area contributed by atoms with Gasteiger partial charge in [0.25, 0.3) is 0 Å². The van der Waals surface area contributed by atoms with Crippen LogP contribution in [0.15, 0.2) is 22.7 Å². The molecule has 0 aliphatic carbocycles. The highest BCUT2D eigenvalue weighted by Gasteiger charge is 2.36. The Morgan fingerprint density at radius 1 is 1.44 bits per heavy atom. The number of hydrogen-bond donors (Lipinski definition) is 2. The maximum absolute atomic E-state index is 12.2. The molecule has 2 rings (SSSR count). The molecule has 1 aromatic carbocycles. The molecule has 0 bridgehead atoms. The van der Waals surface area contributed by atoms with Gasteiger partial charge in [0.1, 0.15) is 5.54 Å². The second-order valence-corrected chi connectivity index (χ2v) is 5.49. The topological polar surface area (TPSA) is 64.4 Å². The van der Waals surface area contributed by atoms with E-state index in [-0.39, 0.29) is 5.91 Å². The first-order valence-corrected chi connectivity index (χ1v) is 6.75. The van der Waals surface area contributed by atoms with Crippen molar-refractivity contribution in [3.63, 3.8) is 0 Å². The van der Waals surface area contributed by atoms with Crippen LogP contribution >= 0.6 is 15.9 Å². The SMILES string of the molecule is Cc1c(Br)cccc1NC(=O)C1(N)CCOCC1. The molecule has 1 aromatic rings. The molecule has 1 aliphatic heterocycles. The molecule has 0 aromatic heterocycles. The van der Waals surface area contributed by atoms with Crippen LogP contribution in [-0.4, -0.2) is 24.7 Å². The number of ether oxygens (including phenoxy) is 1. The van der Waals surface area contributed by atoms with Crippen LogP contribution in [0, 0.1) is 6.92 Å². The van der Waals surface area contributed by atoms with Crippen molar-refractivity contribution >= 4 is 27.5 Å². The molecule has 18 heavy (non-hydrogen) atoms. The van der Waals surface area contributed by atoms with Gasteiger partial charge in [-0.1, -0.05) is 22.0 Å². The van der Waals surface area contributed by atoms with E-state index in [0.717, 1.165) is 15.7 Å². The number of amides is 1. The Labute approximate surface area is 115 Å². The van der Waals surface area contributed by atoms with Crippen molar-refractivity contribution in [3.8, 4) is 0 Å². The second-order valence-electron chi connectivity index (χ2n) is 4.64. The van der Waals surface area contributed by atoms with E-state index in [9.17, 15) is 4.79 Å². The molecular weight excluding hydrogens is 296 g/mol. The van der Waals surface area contributed by atoms with Crippen LogP contribution in [0.2, 0.25) is 0 Å². The normalized spacial score (nSPS) is 18.4. The van der Waals surface area contributed by atoms with Gasteiger partial charge in [-0.05, 0) is 37.5 Å². The Morgan fingerprint density at radius 2 is 2.11 bits per heavy atom.